The second-order valence-electron chi connectivity index (χ2n) is 4.84. The van der Waals surface area contributed by atoms with Gasteiger partial charge >= 0.3 is 0 Å². The number of nitrogens with zero attached hydrogens (tertiary/aromatic N) is 1. The fourth-order valence-corrected chi connectivity index (χ4v) is 2.56. The summed E-state index contributed by atoms with van der Waals surface area (Å²) >= 11 is 1.87. The SMILES string of the molecule is CC1CN=C(NCC2CC2(C)C)S1. The monoisotopic (exact) mass is 198 g/mol. The van der Waals surface area contributed by atoms with Crippen molar-refractivity contribution in [3.63, 3.8) is 0 Å². The summed E-state index contributed by atoms with van der Waals surface area (Å²) in [4.78, 5) is 4.43. The van der Waals surface area contributed by atoms with E-state index < -0.39 is 0 Å². The maximum atomic E-state index is 4.43. The van der Waals surface area contributed by atoms with Crippen molar-refractivity contribution in [2.45, 2.75) is 32.4 Å². The van der Waals surface area contributed by atoms with Gasteiger partial charge in [-0.05, 0) is 17.8 Å². The Morgan fingerprint density at radius 1 is 1.62 bits per heavy atom. The van der Waals surface area contributed by atoms with Crippen molar-refractivity contribution in [3.8, 4) is 0 Å². The smallest absolute Gasteiger partial charge is 0.156 e. The summed E-state index contributed by atoms with van der Waals surface area (Å²) in [6, 6.07) is 0. The van der Waals surface area contributed by atoms with Crippen LogP contribution in [0.4, 0.5) is 0 Å². The van der Waals surface area contributed by atoms with E-state index in [1.165, 1.54) is 6.42 Å². The van der Waals surface area contributed by atoms with Gasteiger partial charge in [-0.25, -0.2) is 0 Å². The average Bonchev–Trinajstić information content (AvgIpc) is 2.45. The van der Waals surface area contributed by atoms with Crippen molar-refractivity contribution in [3.05, 3.63) is 0 Å². The lowest BCUT2D eigenvalue weighted by molar-refractivity contribution is 0.552. The van der Waals surface area contributed by atoms with Crippen molar-refractivity contribution in [2.75, 3.05) is 13.1 Å². The minimum atomic E-state index is 0.586. The highest BCUT2D eigenvalue weighted by atomic mass is 32.2. The summed E-state index contributed by atoms with van der Waals surface area (Å²) in [5.41, 5.74) is 0.586. The highest BCUT2D eigenvalue weighted by molar-refractivity contribution is 8.14. The molecule has 74 valence electrons. The van der Waals surface area contributed by atoms with E-state index in [4.69, 9.17) is 0 Å². The molecular formula is C10H18N2S. The third-order valence-electron chi connectivity index (χ3n) is 3.02. The first kappa shape index (κ1) is 9.38. The third kappa shape index (κ3) is 2.19. The van der Waals surface area contributed by atoms with Crippen LogP contribution < -0.4 is 5.32 Å². The molecule has 1 heterocycles. The summed E-state index contributed by atoms with van der Waals surface area (Å²) in [6.45, 7) is 9.01. The lowest BCUT2D eigenvalue weighted by Gasteiger charge is -2.06. The van der Waals surface area contributed by atoms with E-state index >= 15 is 0 Å². The Hall–Kier alpha value is -0.180. The average molecular weight is 198 g/mol. The Bertz CT molecular complexity index is 235. The quantitative estimate of drug-likeness (QED) is 0.735. The molecule has 0 aromatic heterocycles. The van der Waals surface area contributed by atoms with Gasteiger partial charge in [0.25, 0.3) is 0 Å². The zero-order valence-electron chi connectivity index (χ0n) is 8.63. The first-order valence-corrected chi connectivity index (χ1v) is 5.91. The Balaban J connectivity index is 1.70. The second-order valence-corrected chi connectivity index (χ2v) is 6.27. The summed E-state index contributed by atoms with van der Waals surface area (Å²) < 4.78 is 0. The molecule has 1 N–H and O–H groups in total. The lowest BCUT2D eigenvalue weighted by Crippen LogP contribution is -2.23. The second kappa shape index (κ2) is 3.19. The topological polar surface area (TPSA) is 24.4 Å². The van der Waals surface area contributed by atoms with Gasteiger partial charge in [0.15, 0.2) is 5.17 Å². The van der Waals surface area contributed by atoms with Gasteiger partial charge < -0.3 is 5.32 Å². The van der Waals surface area contributed by atoms with E-state index in [9.17, 15) is 0 Å². The van der Waals surface area contributed by atoms with Crippen LogP contribution in [-0.4, -0.2) is 23.5 Å². The number of hydrogen-bond donors (Lipinski definition) is 1. The van der Waals surface area contributed by atoms with E-state index in [1.807, 2.05) is 11.8 Å². The van der Waals surface area contributed by atoms with Crippen LogP contribution in [0.15, 0.2) is 4.99 Å². The Morgan fingerprint density at radius 3 is 2.77 bits per heavy atom. The van der Waals surface area contributed by atoms with Crippen molar-refractivity contribution in [1.29, 1.82) is 0 Å². The minimum absolute atomic E-state index is 0.586. The van der Waals surface area contributed by atoms with Crippen LogP contribution in [-0.2, 0) is 0 Å². The van der Waals surface area contributed by atoms with Gasteiger partial charge in [0.05, 0.1) is 6.54 Å². The van der Waals surface area contributed by atoms with Crippen LogP contribution in [0.2, 0.25) is 0 Å². The van der Waals surface area contributed by atoms with Crippen LogP contribution in [0, 0.1) is 11.3 Å². The largest absolute Gasteiger partial charge is 0.365 e. The van der Waals surface area contributed by atoms with Gasteiger partial charge in [-0.2, -0.15) is 0 Å². The van der Waals surface area contributed by atoms with Crippen molar-refractivity contribution >= 4 is 16.9 Å². The number of hydrogen-bond acceptors (Lipinski definition) is 3. The molecule has 2 rings (SSSR count). The predicted molar refractivity (Wildman–Crippen MR) is 59.2 cm³/mol. The molecule has 0 aromatic carbocycles. The zero-order chi connectivity index (χ0) is 9.47. The van der Waals surface area contributed by atoms with Crippen LogP contribution in [0.25, 0.3) is 0 Å². The van der Waals surface area contributed by atoms with Crippen LogP contribution in [0.1, 0.15) is 27.2 Å². The van der Waals surface area contributed by atoms with Crippen LogP contribution in [0.5, 0.6) is 0 Å². The molecule has 2 aliphatic rings. The lowest BCUT2D eigenvalue weighted by atomic mass is 10.1. The highest BCUT2D eigenvalue weighted by Gasteiger charge is 2.45. The van der Waals surface area contributed by atoms with Gasteiger partial charge in [0.1, 0.15) is 0 Å². The maximum absolute atomic E-state index is 4.43. The first-order valence-electron chi connectivity index (χ1n) is 5.03. The molecule has 0 amide bonds. The van der Waals surface area contributed by atoms with Crippen LogP contribution in [0.3, 0.4) is 0 Å². The molecule has 1 saturated carbocycles. The summed E-state index contributed by atoms with van der Waals surface area (Å²) in [7, 11) is 0. The summed E-state index contributed by atoms with van der Waals surface area (Å²) in [5, 5.41) is 5.28. The van der Waals surface area contributed by atoms with Crippen molar-refractivity contribution in [1.82, 2.24) is 5.32 Å². The van der Waals surface area contributed by atoms with Crippen molar-refractivity contribution in [2.24, 2.45) is 16.3 Å². The van der Waals surface area contributed by atoms with Gasteiger partial charge in [-0.15, -0.1) is 0 Å². The molecule has 0 saturated heterocycles. The van der Waals surface area contributed by atoms with Gasteiger partial charge in [0, 0.05) is 11.8 Å². The molecule has 13 heavy (non-hydrogen) atoms. The van der Waals surface area contributed by atoms with E-state index in [-0.39, 0.29) is 0 Å². The molecule has 2 atom stereocenters. The molecule has 0 bridgehead atoms. The maximum Gasteiger partial charge on any atom is 0.156 e. The number of thioether (sulfide) groups is 1. The molecular weight excluding hydrogens is 180 g/mol. The summed E-state index contributed by atoms with van der Waals surface area (Å²) in [5.74, 6) is 0.867. The van der Waals surface area contributed by atoms with E-state index in [2.05, 4.69) is 31.1 Å². The predicted octanol–water partition coefficient (Wildman–Crippen LogP) is 2.11. The van der Waals surface area contributed by atoms with E-state index in [0.29, 0.717) is 10.7 Å². The van der Waals surface area contributed by atoms with Crippen molar-refractivity contribution < 1.29 is 0 Å². The third-order valence-corrected chi connectivity index (χ3v) is 4.07. The molecule has 0 aromatic rings. The van der Waals surface area contributed by atoms with Crippen LogP contribution >= 0.6 is 11.8 Å². The first-order chi connectivity index (χ1) is 6.08. The van der Waals surface area contributed by atoms with Gasteiger partial charge in [0.2, 0.25) is 0 Å². The minimum Gasteiger partial charge on any atom is -0.365 e. The number of aliphatic imine (C=N–C) groups is 1. The van der Waals surface area contributed by atoms with E-state index in [1.54, 1.807) is 0 Å². The molecule has 1 fully saturated rings. The molecule has 1 aliphatic carbocycles. The zero-order valence-corrected chi connectivity index (χ0v) is 9.45. The molecule has 2 unspecified atom stereocenters. The number of amidine groups is 1. The molecule has 0 spiro atoms. The Morgan fingerprint density at radius 2 is 2.31 bits per heavy atom. The number of nitrogens with one attached hydrogen (secondary N) is 1. The molecule has 2 nitrogen and oxygen atoms in total. The van der Waals surface area contributed by atoms with Gasteiger partial charge in [-0.3, -0.25) is 4.99 Å². The molecule has 1 aliphatic heterocycles. The Kier molecular flexibility index (Phi) is 2.30. The fraction of sp³-hybridized carbons (Fsp3) is 0.900. The number of rotatable bonds is 2. The van der Waals surface area contributed by atoms with Gasteiger partial charge in [-0.1, -0.05) is 32.5 Å². The van der Waals surface area contributed by atoms with E-state index in [0.717, 1.165) is 24.2 Å². The summed E-state index contributed by atoms with van der Waals surface area (Å²) in [6.07, 6.45) is 1.37. The molecule has 3 heteroatoms. The Labute approximate surface area is 84.6 Å². The normalized spacial score (nSPS) is 35.8. The standard InChI is InChI=1S/C10H18N2S/c1-7-5-11-9(13-7)12-6-8-4-10(8,2)3/h7-8H,4-6H2,1-3H3,(H,11,12). The molecule has 0 radical (unpaired) electrons. The fourth-order valence-electron chi connectivity index (χ4n) is 1.71. The highest BCUT2D eigenvalue weighted by Crippen LogP contribution is 2.51.